The summed E-state index contributed by atoms with van der Waals surface area (Å²) >= 11 is 0. The van der Waals surface area contributed by atoms with Gasteiger partial charge in [-0.3, -0.25) is 0 Å². The maximum atomic E-state index is 4.60. The van der Waals surface area contributed by atoms with E-state index in [1.165, 1.54) is 25.9 Å². The van der Waals surface area contributed by atoms with Crippen LogP contribution in [-0.4, -0.2) is 13.1 Å². The van der Waals surface area contributed by atoms with Crippen molar-refractivity contribution in [2.45, 2.75) is 33.6 Å². The van der Waals surface area contributed by atoms with E-state index < -0.39 is 0 Å². The van der Waals surface area contributed by atoms with Crippen LogP contribution in [0.1, 0.15) is 33.6 Å². The fourth-order valence-electron chi connectivity index (χ4n) is 0.479. The predicted molar refractivity (Wildman–Crippen MR) is 48.0 cm³/mol. The Morgan fingerprint density at radius 1 is 1.20 bits per heavy atom. The number of terminal acetylenes is 1. The highest BCUT2D eigenvalue weighted by Gasteiger charge is 1.76. The minimum Gasteiger partial charge on any atom is -0.317 e. The van der Waals surface area contributed by atoms with Crippen molar-refractivity contribution in [2.24, 2.45) is 0 Å². The molecule has 0 bridgehead atoms. The van der Waals surface area contributed by atoms with Gasteiger partial charge in [0.05, 0.1) is 0 Å². The molecule has 0 aliphatic heterocycles. The SMILES string of the molecule is C#CC.CCCNCCC. The van der Waals surface area contributed by atoms with Crippen LogP contribution in [-0.2, 0) is 0 Å². The Morgan fingerprint density at radius 3 is 1.70 bits per heavy atom. The van der Waals surface area contributed by atoms with E-state index in [-0.39, 0.29) is 0 Å². The first-order valence-corrected chi connectivity index (χ1v) is 3.91. The Hall–Kier alpha value is -0.480. The van der Waals surface area contributed by atoms with Crippen molar-refractivity contribution in [3.05, 3.63) is 0 Å². The summed E-state index contributed by atoms with van der Waals surface area (Å²) in [5.41, 5.74) is 0. The van der Waals surface area contributed by atoms with Crippen LogP contribution in [0.2, 0.25) is 0 Å². The summed E-state index contributed by atoms with van der Waals surface area (Å²) in [7, 11) is 0. The van der Waals surface area contributed by atoms with E-state index in [1.54, 1.807) is 6.92 Å². The minimum atomic E-state index is 1.17. The Morgan fingerprint density at radius 2 is 1.50 bits per heavy atom. The molecule has 60 valence electrons. The van der Waals surface area contributed by atoms with Gasteiger partial charge in [0.2, 0.25) is 0 Å². The van der Waals surface area contributed by atoms with E-state index >= 15 is 0 Å². The van der Waals surface area contributed by atoms with Gasteiger partial charge in [-0.2, -0.15) is 0 Å². The van der Waals surface area contributed by atoms with E-state index in [0.717, 1.165) is 0 Å². The van der Waals surface area contributed by atoms with Gasteiger partial charge >= 0.3 is 0 Å². The summed E-state index contributed by atoms with van der Waals surface area (Å²) in [5, 5.41) is 3.28. The lowest BCUT2D eigenvalue weighted by molar-refractivity contribution is 0.662. The van der Waals surface area contributed by atoms with Gasteiger partial charge in [0.15, 0.2) is 0 Å². The molecule has 0 rings (SSSR count). The second-order valence-electron chi connectivity index (χ2n) is 2.04. The second kappa shape index (κ2) is 15.8. The Balaban J connectivity index is 0. The maximum absolute atomic E-state index is 4.60. The monoisotopic (exact) mass is 141 g/mol. The summed E-state index contributed by atoms with van der Waals surface area (Å²) in [6.45, 7) is 8.37. The van der Waals surface area contributed by atoms with Gasteiger partial charge in [-0.25, -0.2) is 0 Å². The van der Waals surface area contributed by atoms with Crippen LogP contribution in [0.25, 0.3) is 0 Å². The zero-order valence-electron chi connectivity index (χ0n) is 7.41. The summed E-state index contributed by atoms with van der Waals surface area (Å²) in [4.78, 5) is 0. The summed E-state index contributed by atoms with van der Waals surface area (Å²) in [6, 6.07) is 0. The van der Waals surface area contributed by atoms with Crippen LogP contribution in [0.3, 0.4) is 0 Å². The third kappa shape index (κ3) is 25.8. The quantitative estimate of drug-likeness (QED) is 0.466. The molecule has 0 aromatic carbocycles. The van der Waals surface area contributed by atoms with Crippen molar-refractivity contribution in [1.29, 1.82) is 0 Å². The predicted octanol–water partition coefficient (Wildman–Crippen LogP) is 2.04. The second-order valence-corrected chi connectivity index (χ2v) is 2.04. The average Bonchev–Trinajstić information content (AvgIpc) is 1.91. The molecule has 0 aromatic rings. The van der Waals surface area contributed by atoms with Crippen molar-refractivity contribution in [2.75, 3.05) is 13.1 Å². The van der Waals surface area contributed by atoms with Gasteiger partial charge in [-0.15, -0.1) is 12.3 Å². The molecule has 0 amide bonds. The molecule has 10 heavy (non-hydrogen) atoms. The molecule has 0 aliphatic carbocycles. The molecule has 0 radical (unpaired) electrons. The third-order valence-corrected chi connectivity index (χ3v) is 0.854. The molecule has 0 heterocycles. The highest BCUT2D eigenvalue weighted by Crippen LogP contribution is 1.71. The number of nitrogens with one attached hydrogen (secondary N) is 1. The van der Waals surface area contributed by atoms with Crippen molar-refractivity contribution < 1.29 is 0 Å². The summed E-state index contributed by atoms with van der Waals surface area (Å²) < 4.78 is 0. The molecule has 1 N–H and O–H groups in total. The van der Waals surface area contributed by atoms with Gasteiger partial charge in [0, 0.05) is 0 Å². The molecule has 0 aliphatic rings. The topological polar surface area (TPSA) is 12.0 Å². The number of hydrogen-bond acceptors (Lipinski definition) is 1. The smallest absolute Gasteiger partial charge is 0.00297 e. The maximum Gasteiger partial charge on any atom is -0.00297 e. The lowest BCUT2D eigenvalue weighted by atomic mass is 10.4. The highest BCUT2D eigenvalue weighted by molar-refractivity contribution is 4.73. The molecule has 0 fully saturated rings. The highest BCUT2D eigenvalue weighted by atomic mass is 14.8. The lowest BCUT2D eigenvalue weighted by Gasteiger charge is -1.95. The molecular formula is C9H19N. The normalized spacial score (nSPS) is 7.40. The van der Waals surface area contributed by atoms with E-state index in [9.17, 15) is 0 Å². The van der Waals surface area contributed by atoms with E-state index in [4.69, 9.17) is 0 Å². The van der Waals surface area contributed by atoms with Crippen LogP contribution < -0.4 is 5.32 Å². The number of hydrogen-bond donors (Lipinski definition) is 1. The molecule has 0 unspecified atom stereocenters. The van der Waals surface area contributed by atoms with Crippen molar-refractivity contribution >= 4 is 0 Å². The summed E-state index contributed by atoms with van der Waals surface area (Å²) in [5.74, 6) is 2.25. The Bertz CT molecular complexity index is 67.3. The standard InChI is InChI=1S/C6H15N.C3H4/c1-3-5-7-6-4-2;1-3-2/h7H,3-6H2,1-2H3;1H,2H3. The van der Waals surface area contributed by atoms with Crippen LogP contribution >= 0.6 is 0 Å². The van der Waals surface area contributed by atoms with Gasteiger partial charge in [0.25, 0.3) is 0 Å². The first-order chi connectivity index (χ1) is 4.83. The zero-order valence-corrected chi connectivity index (χ0v) is 7.41. The lowest BCUT2D eigenvalue weighted by Crippen LogP contribution is -2.14. The minimum absolute atomic E-state index is 1.17. The van der Waals surface area contributed by atoms with Crippen LogP contribution in [0.5, 0.6) is 0 Å². The van der Waals surface area contributed by atoms with Crippen LogP contribution in [0.4, 0.5) is 0 Å². The van der Waals surface area contributed by atoms with Crippen LogP contribution in [0.15, 0.2) is 0 Å². The Kier molecular flexibility index (Phi) is 19.3. The fraction of sp³-hybridized carbons (Fsp3) is 0.778. The molecule has 0 aromatic heterocycles. The van der Waals surface area contributed by atoms with E-state index in [2.05, 4.69) is 31.5 Å². The first-order valence-electron chi connectivity index (χ1n) is 3.91. The molecule has 0 saturated carbocycles. The first kappa shape index (κ1) is 12.2. The summed E-state index contributed by atoms with van der Waals surface area (Å²) in [6.07, 6.45) is 7.10. The molecule has 0 atom stereocenters. The fourth-order valence-corrected chi connectivity index (χ4v) is 0.479. The molecule has 0 spiro atoms. The molecule has 0 saturated heterocycles. The van der Waals surface area contributed by atoms with Gasteiger partial charge in [0.1, 0.15) is 0 Å². The van der Waals surface area contributed by atoms with Gasteiger partial charge in [-0.05, 0) is 32.9 Å². The van der Waals surface area contributed by atoms with Crippen molar-refractivity contribution in [3.63, 3.8) is 0 Å². The third-order valence-electron chi connectivity index (χ3n) is 0.854. The van der Waals surface area contributed by atoms with E-state index in [1.807, 2.05) is 0 Å². The van der Waals surface area contributed by atoms with Crippen molar-refractivity contribution in [1.82, 2.24) is 5.32 Å². The van der Waals surface area contributed by atoms with E-state index in [0.29, 0.717) is 0 Å². The van der Waals surface area contributed by atoms with Gasteiger partial charge in [-0.1, -0.05) is 13.8 Å². The number of rotatable bonds is 4. The van der Waals surface area contributed by atoms with Crippen LogP contribution in [0, 0.1) is 12.3 Å². The molecule has 1 heteroatoms. The zero-order chi connectivity index (χ0) is 8.24. The van der Waals surface area contributed by atoms with Gasteiger partial charge < -0.3 is 5.32 Å². The largest absolute Gasteiger partial charge is 0.317 e. The average molecular weight is 141 g/mol. The molecule has 1 nitrogen and oxygen atoms in total. The molecular weight excluding hydrogens is 122 g/mol. The Labute approximate surface area is 65.2 Å². The van der Waals surface area contributed by atoms with Crippen molar-refractivity contribution in [3.8, 4) is 12.3 Å².